The van der Waals surface area contributed by atoms with Crippen LogP contribution in [-0.2, 0) is 0 Å². The van der Waals surface area contributed by atoms with Crippen LogP contribution in [0.1, 0.15) is 24.6 Å². The Morgan fingerprint density at radius 1 is 1.56 bits per heavy atom. The van der Waals surface area contributed by atoms with Gasteiger partial charge in [-0.05, 0) is 25.5 Å². The molecule has 2 amide bonds. The van der Waals surface area contributed by atoms with E-state index in [0.29, 0.717) is 13.0 Å². The van der Waals surface area contributed by atoms with E-state index < -0.39 is 6.10 Å². The first-order valence-corrected chi connectivity index (χ1v) is 6.22. The van der Waals surface area contributed by atoms with Crippen molar-refractivity contribution in [1.29, 1.82) is 0 Å². The zero-order valence-corrected chi connectivity index (χ0v) is 10.4. The lowest BCUT2D eigenvalue weighted by Crippen LogP contribution is -2.35. The maximum Gasteiger partial charge on any atom is 0.319 e. The number of amides is 2. The maximum absolute atomic E-state index is 11.4. The minimum Gasteiger partial charge on any atom is -0.391 e. The molecular formula is C11H18N2O2S. The molecule has 3 N–H and O–H groups in total. The summed E-state index contributed by atoms with van der Waals surface area (Å²) >= 11 is 1.53. The van der Waals surface area contributed by atoms with E-state index in [0.717, 1.165) is 16.3 Å². The molecule has 16 heavy (non-hydrogen) atoms. The summed E-state index contributed by atoms with van der Waals surface area (Å²) in [6.07, 6.45) is 1.16. The topological polar surface area (TPSA) is 61.4 Å². The first kappa shape index (κ1) is 13.0. The number of nitrogens with one attached hydrogen (secondary N) is 2. The zero-order chi connectivity index (χ0) is 12.0. The number of rotatable bonds is 5. The number of carbonyl (C=O) groups excluding carboxylic acids is 1. The highest BCUT2D eigenvalue weighted by atomic mass is 32.1. The Balaban J connectivity index is 2.26. The predicted molar refractivity (Wildman–Crippen MR) is 67.0 cm³/mol. The van der Waals surface area contributed by atoms with Gasteiger partial charge in [-0.3, -0.25) is 5.32 Å². The van der Waals surface area contributed by atoms with Crippen molar-refractivity contribution in [3.63, 3.8) is 0 Å². The van der Waals surface area contributed by atoms with E-state index in [1.807, 2.05) is 26.0 Å². The van der Waals surface area contributed by atoms with E-state index in [4.69, 9.17) is 0 Å². The average molecular weight is 242 g/mol. The summed E-state index contributed by atoms with van der Waals surface area (Å²) in [4.78, 5) is 12.6. The Morgan fingerprint density at radius 2 is 2.31 bits per heavy atom. The number of hydrogen-bond acceptors (Lipinski definition) is 3. The molecule has 4 nitrogen and oxygen atoms in total. The van der Waals surface area contributed by atoms with Crippen LogP contribution in [0.3, 0.4) is 0 Å². The molecule has 1 aromatic rings. The lowest BCUT2D eigenvalue weighted by molar-refractivity contribution is 0.162. The summed E-state index contributed by atoms with van der Waals surface area (Å²) in [6, 6.07) is 3.55. The Kier molecular flexibility index (Phi) is 5.28. The van der Waals surface area contributed by atoms with Crippen LogP contribution in [-0.4, -0.2) is 23.8 Å². The normalized spacial score (nSPS) is 12.2. The number of aliphatic hydroxyl groups excluding tert-OH is 1. The molecule has 0 saturated heterocycles. The molecule has 0 aliphatic rings. The molecule has 0 aromatic carbocycles. The molecule has 0 fully saturated rings. The average Bonchev–Trinajstić information content (AvgIpc) is 2.61. The Labute approximate surface area is 99.7 Å². The second-order valence-electron chi connectivity index (χ2n) is 3.69. The van der Waals surface area contributed by atoms with Crippen LogP contribution in [0.15, 0.2) is 12.1 Å². The van der Waals surface area contributed by atoms with Crippen molar-refractivity contribution in [2.75, 3.05) is 11.9 Å². The number of aliphatic hydroxyl groups is 1. The molecule has 0 unspecified atom stereocenters. The van der Waals surface area contributed by atoms with Gasteiger partial charge in [0.15, 0.2) is 0 Å². The summed E-state index contributed by atoms with van der Waals surface area (Å²) in [6.45, 7) is 4.28. The lowest BCUT2D eigenvalue weighted by Gasteiger charge is -2.10. The number of carbonyl (C=O) groups is 1. The molecule has 1 heterocycles. The van der Waals surface area contributed by atoms with Gasteiger partial charge < -0.3 is 10.4 Å². The van der Waals surface area contributed by atoms with Crippen molar-refractivity contribution in [2.24, 2.45) is 0 Å². The van der Waals surface area contributed by atoms with Crippen molar-refractivity contribution in [1.82, 2.24) is 5.32 Å². The second kappa shape index (κ2) is 6.50. The Morgan fingerprint density at radius 3 is 2.88 bits per heavy atom. The zero-order valence-electron chi connectivity index (χ0n) is 9.62. The van der Waals surface area contributed by atoms with Gasteiger partial charge in [0.1, 0.15) is 0 Å². The van der Waals surface area contributed by atoms with Gasteiger partial charge in [-0.15, -0.1) is 11.3 Å². The van der Waals surface area contributed by atoms with Crippen LogP contribution < -0.4 is 10.6 Å². The molecule has 5 heteroatoms. The molecule has 90 valence electrons. The monoisotopic (exact) mass is 242 g/mol. The Bertz CT molecular complexity index is 338. The van der Waals surface area contributed by atoms with Crippen molar-refractivity contribution in [3.05, 3.63) is 17.0 Å². The Hall–Kier alpha value is -1.07. The second-order valence-corrected chi connectivity index (χ2v) is 4.98. The molecule has 1 rings (SSSR count). The number of hydrogen-bond donors (Lipinski definition) is 3. The van der Waals surface area contributed by atoms with Crippen LogP contribution >= 0.6 is 11.3 Å². The summed E-state index contributed by atoms with van der Waals surface area (Å²) < 4.78 is 0. The van der Waals surface area contributed by atoms with Gasteiger partial charge in [-0.25, -0.2) is 4.79 Å². The highest BCUT2D eigenvalue weighted by Crippen LogP contribution is 2.20. The molecule has 1 aromatic heterocycles. The fraction of sp³-hybridized carbons (Fsp3) is 0.545. The smallest absolute Gasteiger partial charge is 0.319 e. The van der Waals surface area contributed by atoms with Crippen molar-refractivity contribution in [2.45, 2.75) is 32.8 Å². The number of anilines is 1. The van der Waals surface area contributed by atoms with E-state index in [9.17, 15) is 9.90 Å². The van der Waals surface area contributed by atoms with Crippen molar-refractivity contribution in [3.8, 4) is 0 Å². The number of thiophene rings is 1. The molecule has 0 aliphatic carbocycles. The fourth-order valence-electron chi connectivity index (χ4n) is 1.30. The third-order valence-corrected chi connectivity index (χ3v) is 3.01. The van der Waals surface area contributed by atoms with Crippen molar-refractivity contribution < 1.29 is 9.90 Å². The molecule has 0 saturated carbocycles. The molecule has 0 radical (unpaired) electrons. The standard InChI is InChI=1S/C11H18N2O2S/c1-3-4-9(14)7-12-11(15)13-10-6-5-8(2)16-10/h5-6,9,14H,3-4,7H2,1-2H3,(H2,12,13,15)/t9-/m0/s1. The maximum atomic E-state index is 11.4. The van der Waals surface area contributed by atoms with E-state index in [2.05, 4.69) is 10.6 Å². The highest BCUT2D eigenvalue weighted by molar-refractivity contribution is 7.16. The van der Waals surface area contributed by atoms with E-state index in [1.165, 1.54) is 11.3 Å². The minimum atomic E-state index is -0.458. The first-order valence-electron chi connectivity index (χ1n) is 5.41. The summed E-state index contributed by atoms with van der Waals surface area (Å²) in [5.74, 6) is 0. The van der Waals surface area contributed by atoms with Crippen molar-refractivity contribution >= 4 is 22.4 Å². The van der Waals surface area contributed by atoms with Crippen LogP contribution in [0, 0.1) is 6.92 Å². The van der Waals surface area contributed by atoms with Gasteiger partial charge in [0.25, 0.3) is 0 Å². The van der Waals surface area contributed by atoms with Gasteiger partial charge in [0.05, 0.1) is 11.1 Å². The molecule has 0 bridgehead atoms. The first-order chi connectivity index (χ1) is 7.61. The summed E-state index contributed by atoms with van der Waals surface area (Å²) in [7, 11) is 0. The predicted octanol–water partition coefficient (Wildman–Crippen LogP) is 2.34. The third kappa shape index (κ3) is 4.63. The SMILES string of the molecule is CCC[C@H](O)CNC(=O)Nc1ccc(C)s1. The largest absolute Gasteiger partial charge is 0.391 e. The van der Waals surface area contributed by atoms with Crippen LogP contribution in [0.2, 0.25) is 0 Å². The number of urea groups is 1. The summed E-state index contributed by atoms with van der Waals surface area (Å²) in [5.41, 5.74) is 0. The van der Waals surface area contributed by atoms with Crippen LogP contribution in [0.25, 0.3) is 0 Å². The fourth-order valence-corrected chi connectivity index (χ4v) is 2.07. The number of aryl methyl sites for hydroxylation is 1. The van der Waals surface area contributed by atoms with Gasteiger partial charge in [-0.2, -0.15) is 0 Å². The lowest BCUT2D eigenvalue weighted by atomic mass is 10.2. The van der Waals surface area contributed by atoms with Gasteiger partial charge in [0.2, 0.25) is 0 Å². The van der Waals surface area contributed by atoms with E-state index >= 15 is 0 Å². The molecule has 0 aliphatic heterocycles. The summed E-state index contributed by atoms with van der Waals surface area (Å²) in [5, 5.41) is 15.6. The molecule has 1 atom stereocenters. The molecular weight excluding hydrogens is 224 g/mol. The van der Waals surface area contributed by atoms with Gasteiger partial charge in [-0.1, -0.05) is 13.3 Å². The van der Waals surface area contributed by atoms with Gasteiger partial charge >= 0.3 is 6.03 Å². The third-order valence-electron chi connectivity index (χ3n) is 2.10. The van der Waals surface area contributed by atoms with Crippen LogP contribution in [0.5, 0.6) is 0 Å². The molecule has 0 spiro atoms. The van der Waals surface area contributed by atoms with Crippen LogP contribution in [0.4, 0.5) is 9.80 Å². The minimum absolute atomic E-state index is 0.267. The van der Waals surface area contributed by atoms with E-state index in [-0.39, 0.29) is 6.03 Å². The quantitative estimate of drug-likeness (QED) is 0.742. The highest BCUT2D eigenvalue weighted by Gasteiger charge is 2.06. The van der Waals surface area contributed by atoms with E-state index in [1.54, 1.807) is 0 Å². The van der Waals surface area contributed by atoms with Gasteiger partial charge in [0, 0.05) is 11.4 Å².